The molecule has 0 aromatic heterocycles. The molecule has 0 radical (unpaired) electrons. The zero-order valence-electron chi connectivity index (χ0n) is 19.4. The number of rotatable bonds is 8. The lowest BCUT2D eigenvalue weighted by molar-refractivity contribution is 0.0273. The Morgan fingerprint density at radius 3 is 2.44 bits per heavy atom. The topological polar surface area (TPSA) is 40.5 Å². The van der Waals surface area contributed by atoms with Gasteiger partial charge in [-0.15, -0.1) is 0 Å². The Morgan fingerprint density at radius 1 is 1.12 bits per heavy atom. The van der Waals surface area contributed by atoms with Gasteiger partial charge in [0.2, 0.25) is 0 Å². The third-order valence-electron chi connectivity index (χ3n) is 7.18. The molecule has 3 nitrogen and oxygen atoms in total. The fraction of sp³-hybridized carbons (Fsp3) is 0.414. The van der Waals surface area contributed by atoms with Crippen molar-refractivity contribution in [3.8, 4) is 11.1 Å². The number of benzene rings is 2. The predicted octanol–water partition coefficient (Wildman–Crippen LogP) is 5.83. The number of hydrogen-bond acceptors (Lipinski definition) is 3. The lowest BCUT2D eigenvalue weighted by atomic mass is 9.92. The number of carbonyl (C=O) groups is 1. The van der Waals surface area contributed by atoms with Crippen molar-refractivity contribution in [3.05, 3.63) is 84.0 Å². The van der Waals surface area contributed by atoms with Gasteiger partial charge in [-0.05, 0) is 62.5 Å². The second-order valence-corrected chi connectivity index (χ2v) is 9.88. The molecule has 2 aliphatic rings. The Kier molecular flexibility index (Phi) is 6.78. The second-order valence-electron chi connectivity index (χ2n) is 9.88. The van der Waals surface area contributed by atoms with E-state index < -0.39 is 5.60 Å². The van der Waals surface area contributed by atoms with Crippen molar-refractivity contribution in [1.29, 1.82) is 0 Å². The molecule has 32 heavy (non-hydrogen) atoms. The van der Waals surface area contributed by atoms with Crippen LogP contribution in [0.1, 0.15) is 48.5 Å². The van der Waals surface area contributed by atoms with Gasteiger partial charge < -0.3 is 5.11 Å². The molecule has 2 fully saturated rings. The van der Waals surface area contributed by atoms with E-state index in [2.05, 4.69) is 42.7 Å². The third kappa shape index (κ3) is 5.28. The number of allylic oxidation sites excluding steroid dienone is 3. The van der Waals surface area contributed by atoms with E-state index in [-0.39, 0.29) is 5.78 Å². The van der Waals surface area contributed by atoms with Crippen molar-refractivity contribution in [3.63, 3.8) is 0 Å². The summed E-state index contributed by atoms with van der Waals surface area (Å²) in [5.74, 6) is 1.16. The van der Waals surface area contributed by atoms with Gasteiger partial charge in [0.05, 0.1) is 12.1 Å². The van der Waals surface area contributed by atoms with Crippen LogP contribution >= 0.6 is 0 Å². The first-order chi connectivity index (χ1) is 15.3. The molecular weight excluding hydrogens is 394 g/mol. The molecule has 1 saturated carbocycles. The first kappa shape index (κ1) is 22.7. The van der Waals surface area contributed by atoms with Crippen LogP contribution in [0.15, 0.2) is 72.8 Å². The van der Waals surface area contributed by atoms with Crippen molar-refractivity contribution in [1.82, 2.24) is 4.90 Å². The largest absolute Gasteiger partial charge is 0.390 e. The SMILES string of the molecule is C=C(/C=C\C)CC[C@]1(O)C[C@H]2CN(CC(=O)c3ccc(-c4cccc(C)c4)cc3)C[C@H]2C1. The summed E-state index contributed by atoms with van der Waals surface area (Å²) in [6, 6.07) is 16.4. The highest BCUT2D eigenvalue weighted by Gasteiger charge is 2.47. The summed E-state index contributed by atoms with van der Waals surface area (Å²) in [7, 11) is 0. The lowest BCUT2D eigenvalue weighted by Gasteiger charge is -2.26. The Bertz CT molecular complexity index is 990. The normalized spacial score (nSPS) is 25.3. The van der Waals surface area contributed by atoms with Gasteiger partial charge in [-0.3, -0.25) is 9.69 Å². The third-order valence-corrected chi connectivity index (χ3v) is 7.18. The van der Waals surface area contributed by atoms with Crippen LogP contribution in [0.3, 0.4) is 0 Å². The van der Waals surface area contributed by atoms with E-state index in [0.717, 1.165) is 55.5 Å². The lowest BCUT2D eigenvalue weighted by Crippen LogP contribution is -2.32. The van der Waals surface area contributed by atoms with Gasteiger partial charge in [0.15, 0.2) is 5.78 Å². The second kappa shape index (κ2) is 9.56. The molecule has 2 aromatic carbocycles. The fourth-order valence-electron chi connectivity index (χ4n) is 5.57. The minimum absolute atomic E-state index is 0.179. The molecule has 1 N–H and O–H groups in total. The van der Waals surface area contributed by atoms with Gasteiger partial charge in [0.25, 0.3) is 0 Å². The number of aliphatic hydroxyl groups is 1. The maximum Gasteiger partial charge on any atom is 0.176 e. The van der Waals surface area contributed by atoms with Crippen molar-refractivity contribution in [2.75, 3.05) is 19.6 Å². The van der Waals surface area contributed by atoms with Crippen LogP contribution < -0.4 is 0 Å². The summed E-state index contributed by atoms with van der Waals surface area (Å²) in [6.07, 6.45) is 7.35. The Labute approximate surface area is 192 Å². The van der Waals surface area contributed by atoms with Gasteiger partial charge in [0.1, 0.15) is 0 Å². The van der Waals surface area contributed by atoms with Crippen LogP contribution in [-0.4, -0.2) is 41.0 Å². The summed E-state index contributed by atoms with van der Waals surface area (Å²) in [4.78, 5) is 15.2. The van der Waals surface area contributed by atoms with Crippen molar-refractivity contribution in [2.45, 2.75) is 45.1 Å². The molecule has 0 unspecified atom stereocenters. The van der Waals surface area contributed by atoms with Crippen LogP contribution in [0.2, 0.25) is 0 Å². The number of fused-ring (bicyclic) bond motifs is 1. The summed E-state index contributed by atoms with van der Waals surface area (Å²) in [5.41, 5.74) is 4.84. The monoisotopic (exact) mass is 429 g/mol. The summed E-state index contributed by atoms with van der Waals surface area (Å²) < 4.78 is 0. The summed E-state index contributed by atoms with van der Waals surface area (Å²) >= 11 is 0. The van der Waals surface area contributed by atoms with Gasteiger partial charge in [-0.2, -0.15) is 0 Å². The smallest absolute Gasteiger partial charge is 0.176 e. The summed E-state index contributed by atoms with van der Waals surface area (Å²) in [5, 5.41) is 11.0. The predicted molar refractivity (Wildman–Crippen MR) is 132 cm³/mol. The van der Waals surface area contributed by atoms with E-state index in [0.29, 0.717) is 18.4 Å². The quantitative estimate of drug-likeness (QED) is 0.424. The number of nitrogens with zero attached hydrogens (tertiary/aromatic N) is 1. The highest BCUT2D eigenvalue weighted by atomic mass is 16.3. The molecule has 0 amide bonds. The van der Waals surface area contributed by atoms with E-state index in [9.17, 15) is 9.90 Å². The molecule has 0 bridgehead atoms. The Balaban J connectivity index is 1.29. The molecular formula is C29H35NO2. The molecule has 1 heterocycles. The van der Waals surface area contributed by atoms with E-state index >= 15 is 0 Å². The molecule has 0 spiro atoms. The number of carbonyl (C=O) groups excluding carboxylic acids is 1. The zero-order chi connectivity index (χ0) is 22.7. The van der Waals surface area contributed by atoms with E-state index in [1.54, 1.807) is 0 Å². The Morgan fingerprint density at radius 2 is 1.81 bits per heavy atom. The first-order valence-corrected chi connectivity index (χ1v) is 11.8. The number of aryl methyl sites for hydroxylation is 1. The van der Waals surface area contributed by atoms with E-state index in [4.69, 9.17) is 0 Å². The molecule has 3 atom stereocenters. The molecule has 1 aliphatic carbocycles. The summed E-state index contributed by atoms with van der Waals surface area (Å²) in [6.45, 7) is 10.4. The van der Waals surface area contributed by atoms with Crippen molar-refractivity contribution >= 4 is 5.78 Å². The zero-order valence-corrected chi connectivity index (χ0v) is 19.4. The van der Waals surface area contributed by atoms with Gasteiger partial charge in [0, 0.05) is 18.7 Å². The molecule has 1 aliphatic heterocycles. The Hall–Kier alpha value is -2.49. The average Bonchev–Trinajstić information content (AvgIpc) is 3.27. The number of Topliss-reactive ketones (excluding diaryl/α,β-unsaturated/α-hetero) is 1. The maximum atomic E-state index is 12.9. The fourth-order valence-corrected chi connectivity index (χ4v) is 5.57. The molecule has 1 saturated heterocycles. The van der Waals surface area contributed by atoms with Gasteiger partial charge >= 0.3 is 0 Å². The van der Waals surface area contributed by atoms with E-state index in [1.165, 1.54) is 11.1 Å². The van der Waals surface area contributed by atoms with E-state index in [1.807, 2.05) is 43.3 Å². The minimum atomic E-state index is -0.568. The number of ketones is 1. The van der Waals surface area contributed by atoms with Crippen LogP contribution in [-0.2, 0) is 0 Å². The van der Waals surface area contributed by atoms with Crippen molar-refractivity contribution in [2.24, 2.45) is 11.8 Å². The molecule has 3 heteroatoms. The van der Waals surface area contributed by atoms with Gasteiger partial charge in [-0.25, -0.2) is 0 Å². The van der Waals surface area contributed by atoms with Crippen LogP contribution in [0.25, 0.3) is 11.1 Å². The van der Waals surface area contributed by atoms with Crippen LogP contribution in [0.5, 0.6) is 0 Å². The first-order valence-electron chi connectivity index (χ1n) is 11.8. The highest BCUT2D eigenvalue weighted by molar-refractivity contribution is 5.98. The molecule has 168 valence electrons. The number of hydrogen-bond donors (Lipinski definition) is 1. The highest BCUT2D eigenvalue weighted by Crippen LogP contribution is 2.46. The minimum Gasteiger partial charge on any atom is -0.390 e. The van der Waals surface area contributed by atoms with Crippen molar-refractivity contribution < 1.29 is 9.90 Å². The van der Waals surface area contributed by atoms with Crippen LogP contribution in [0.4, 0.5) is 0 Å². The van der Waals surface area contributed by atoms with Crippen LogP contribution in [0, 0.1) is 18.8 Å². The number of likely N-dealkylation sites (tertiary alicyclic amines) is 1. The molecule has 2 aromatic rings. The standard InChI is InChI=1S/C29H35NO2/c1-4-6-21(2)13-14-29(32)16-26-18-30(19-27(26)17-29)20-28(31)24-11-9-23(10-12-24)25-8-5-7-22(3)15-25/h4-12,15,26-27,32H,2,13-14,16-20H2,1,3H3/b6-4-/t26-,27+,29-. The van der Waals surface area contributed by atoms with Gasteiger partial charge in [-0.1, -0.05) is 78.4 Å². The molecule has 4 rings (SSSR count). The maximum absolute atomic E-state index is 12.9. The average molecular weight is 430 g/mol.